The van der Waals surface area contributed by atoms with Gasteiger partial charge in [-0.1, -0.05) is 37.8 Å². The fourth-order valence-corrected chi connectivity index (χ4v) is 8.40. The van der Waals surface area contributed by atoms with Gasteiger partial charge in [0.1, 0.15) is 0 Å². The number of piperidine rings is 1. The number of rotatable bonds is 10. The smallest absolute Gasteiger partial charge is 0.268 e. The molecule has 2 heterocycles. The van der Waals surface area contributed by atoms with Gasteiger partial charge in [0.15, 0.2) is 4.75 Å². The number of hydrogen-bond donors (Lipinski definition) is 1. The van der Waals surface area contributed by atoms with Crippen molar-refractivity contribution in [2.24, 2.45) is 5.92 Å². The first-order valence-electron chi connectivity index (χ1n) is 13.8. The number of sulfonamides is 1. The number of hydroxylamine groups is 2. The second-order valence-electron chi connectivity index (χ2n) is 10.9. The van der Waals surface area contributed by atoms with Crippen LogP contribution in [0.5, 0.6) is 0 Å². The Morgan fingerprint density at radius 1 is 1.05 bits per heavy atom. The van der Waals surface area contributed by atoms with Crippen LogP contribution in [0, 0.1) is 5.92 Å². The molecule has 0 atom stereocenters. The maximum Gasteiger partial charge on any atom is 0.268 e. The quantitative estimate of drug-likeness (QED) is 0.363. The van der Waals surface area contributed by atoms with Gasteiger partial charge in [-0.3, -0.25) is 10.0 Å². The Hall–Kier alpha value is -1.72. The molecule has 2 aliphatic heterocycles. The van der Waals surface area contributed by atoms with Crippen molar-refractivity contribution in [1.82, 2.24) is 14.3 Å². The summed E-state index contributed by atoms with van der Waals surface area (Å²) in [6, 6.07) is 8.70. The number of piperazine rings is 1. The average molecular weight is 537 g/mol. The molecular weight excluding hydrogens is 492 g/mol. The van der Waals surface area contributed by atoms with Crippen molar-refractivity contribution in [3.63, 3.8) is 0 Å². The molecule has 0 spiro atoms. The van der Waals surface area contributed by atoms with E-state index < -0.39 is 20.7 Å². The predicted molar refractivity (Wildman–Crippen MR) is 144 cm³/mol. The minimum atomic E-state index is -3.97. The summed E-state index contributed by atoms with van der Waals surface area (Å²) in [5.74, 6) is 0.141. The lowest BCUT2D eigenvalue weighted by molar-refractivity contribution is -0.164. The van der Waals surface area contributed by atoms with Crippen molar-refractivity contribution in [2.75, 3.05) is 71.5 Å². The van der Waals surface area contributed by atoms with E-state index in [0.29, 0.717) is 57.5 Å². The van der Waals surface area contributed by atoms with Crippen molar-refractivity contribution in [3.05, 3.63) is 29.8 Å². The molecule has 0 unspecified atom stereocenters. The van der Waals surface area contributed by atoms with E-state index in [0.717, 1.165) is 18.0 Å². The van der Waals surface area contributed by atoms with Crippen molar-refractivity contribution < 1.29 is 23.2 Å². The molecular formula is C27H44N4O5S. The van der Waals surface area contributed by atoms with Crippen molar-refractivity contribution >= 4 is 21.6 Å². The summed E-state index contributed by atoms with van der Waals surface area (Å²) >= 11 is 0. The molecule has 1 amide bonds. The number of benzene rings is 1. The van der Waals surface area contributed by atoms with Gasteiger partial charge in [-0.25, -0.2) is 13.5 Å². The maximum atomic E-state index is 13.9. The van der Waals surface area contributed by atoms with Gasteiger partial charge in [-0.2, -0.15) is 4.31 Å². The second-order valence-corrected chi connectivity index (χ2v) is 13.2. The van der Waals surface area contributed by atoms with Crippen LogP contribution in [0.4, 0.5) is 5.69 Å². The van der Waals surface area contributed by atoms with Gasteiger partial charge in [-0.15, -0.1) is 0 Å². The topological polar surface area (TPSA) is 93.6 Å². The molecule has 3 aliphatic rings. The number of carbonyl (C=O) groups excluding carboxylic acids is 1. The van der Waals surface area contributed by atoms with E-state index in [4.69, 9.17) is 4.74 Å². The molecule has 3 fully saturated rings. The Morgan fingerprint density at radius 3 is 2.24 bits per heavy atom. The van der Waals surface area contributed by atoms with E-state index in [1.165, 1.54) is 49.0 Å². The van der Waals surface area contributed by atoms with Crippen LogP contribution in [-0.4, -0.2) is 105 Å². The number of likely N-dealkylation sites (tertiary alicyclic amines) is 1. The Morgan fingerprint density at radius 2 is 1.68 bits per heavy atom. The summed E-state index contributed by atoms with van der Waals surface area (Å²) in [4.78, 5) is 17.4. The summed E-state index contributed by atoms with van der Waals surface area (Å²) in [7, 11) is -1.12. The Bertz CT molecular complexity index is 979. The van der Waals surface area contributed by atoms with E-state index in [2.05, 4.69) is 34.1 Å². The van der Waals surface area contributed by atoms with Crippen LogP contribution >= 0.6 is 0 Å². The molecule has 0 aromatic heterocycles. The summed E-state index contributed by atoms with van der Waals surface area (Å²) in [6.07, 6.45) is 8.21. The molecule has 1 aromatic carbocycles. The predicted octanol–water partition coefficient (Wildman–Crippen LogP) is 2.59. The van der Waals surface area contributed by atoms with Crippen molar-refractivity contribution in [3.8, 4) is 0 Å². The molecule has 2 saturated heterocycles. The second kappa shape index (κ2) is 12.4. The molecule has 1 saturated carbocycles. The highest BCUT2D eigenvalue weighted by Gasteiger charge is 2.56. The number of aryl methyl sites for hydroxylation is 1. The minimum Gasteiger partial charge on any atom is -0.383 e. The van der Waals surface area contributed by atoms with Gasteiger partial charge in [0, 0.05) is 65.7 Å². The van der Waals surface area contributed by atoms with Crippen LogP contribution in [0.2, 0.25) is 0 Å². The molecule has 4 rings (SSSR count). The van der Waals surface area contributed by atoms with E-state index >= 15 is 0 Å². The third-order valence-corrected chi connectivity index (χ3v) is 11.3. The van der Waals surface area contributed by atoms with Crippen molar-refractivity contribution in [2.45, 2.75) is 56.1 Å². The molecule has 10 heteroatoms. The first kappa shape index (κ1) is 28.3. The lowest BCUT2D eigenvalue weighted by Crippen LogP contribution is -2.63. The van der Waals surface area contributed by atoms with Crippen LogP contribution in [0.3, 0.4) is 0 Å². The third-order valence-electron chi connectivity index (χ3n) is 8.65. The summed E-state index contributed by atoms with van der Waals surface area (Å²) in [6.45, 7) is 3.96. The molecule has 208 valence electrons. The molecule has 0 radical (unpaired) electrons. The molecule has 9 nitrogen and oxygen atoms in total. The minimum absolute atomic E-state index is 0.158. The fraction of sp³-hybridized carbons (Fsp3) is 0.741. The fourth-order valence-electron chi connectivity index (χ4n) is 6.21. The molecule has 37 heavy (non-hydrogen) atoms. The number of carbonyl (C=O) groups is 1. The summed E-state index contributed by atoms with van der Waals surface area (Å²) in [5.41, 5.74) is 2.47. The normalized spacial score (nSPS) is 21.9. The third kappa shape index (κ3) is 6.30. The Balaban J connectivity index is 1.37. The molecule has 1 N–H and O–H groups in total. The zero-order valence-electron chi connectivity index (χ0n) is 22.5. The van der Waals surface area contributed by atoms with Crippen LogP contribution in [0.15, 0.2) is 24.3 Å². The lowest BCUT2D eigenvalue weighted by atomic mass is 9.94. The Kier molecular flexibility index (Phi) is 9.50. The van der Waals surface area contributed by atoms with E-state index in [9.17, 15) is 18.4 Å². The highest BCUT2D eigenvalue weighted by molar-refractivity contribution is 7.91. The van der Waals surface area contributed by atoms with E-state index in [-0.39, 0.29) is 12.8 Å². The van der Waals surface area contributed by atoms with Gasteiger partial charge in [0.05, 0.1) is 6.61 Å². The number of amides is 1. The monoisotopic (exact) mass is 536 g/mol. The number of methoxy groups -OCH3 is 1. The van der Waals surface area contributed by atoms with Gasteiger partial charge >= 0.3 is 0 Å². The summed E-state index contributed by atoms with van der Waals surface area (Å²) in [5, 5.41) is 10.4. The number of nitrogens with zero attached hydrogens (tertiary/aromatic N) is 4. The highest BCUT2D eigenvalue weighted by atomic mass is 32.2. The number of ether oxygens (including phenoxy) is 1. The van der Waals surface area contributed by atoms with Gasteiger partial charge < -0.3 is 14.5 Å². The molecule has 0 bridgehead atoms. The van der Waals surface area contributed by atoms with Crippen LogP contribution in [0.25, 0.3) is 0 Å². The summed E-state index contributed by atoms with van der Waals surface area (Å²) < 4.78 is 32.8. The van der Waals surface area contributed by atoms with Gasteiger partial charge in [0.25, 0.3) is 5.91 Å². The highest BCUT2D eigenvalue weighted by Crippen LogP contribution is 2.36. The van der Waals surface area contributed by atoms with E-state index in [1.807, 2.05) is 0 Å². The molecule has 1 aliphatic carbocycles. The zero-order valence-corrected chi connectivity index (χ0v) is 23.3. The standard InChI is InChI=1S/C27H44N4O5S/c1-28(33)26(32)27(13-15-29(16-14-27)21-22-36-2)37(34,35)31-19-17-30(18-20-31)25-11-9-24(10-12-25)8-7-23-5-3-4-6-23/h9-12,23,33H,3-8,13-22H2,1-2H3. The zero-order chi connectivity index (χ0) is 26.5. The first-order valence-corrected chi connectivity index (χ1v) is 15.2. The largest absolute Gasteiger partial charge is 0.383 e. The van der Waals surface area contributed by atoms with Crippen LogP contribution < -0.4 is 4.90 Å². The first-order chi connectivity index (χ1) is 17.8. The van der Waals surface area contributed by atoms with Crippen LogP contribution in [-0.2, 0) is 26.0 Å². The number of anilines is 1. The van der Waals surface area contributed by atoms with Gasteiger partial charge in [-0.05, 0) is 49.3 Å². The van der Waals surface area contributed by atoms with E-state index in [1.54, 1.807) is 7.11 Å². The van der Waals surface area contributed by atoms with Crippen molar-refractivity contribution in [1.29, 1.82) is 0 Å². The Labute approximate surface area is 222 Å². The lowest BCUT2D eigenvalue weighted by Gasteiger charge is -2.44. The SMILES string of the molecule is COCCN1CCC(C(=O)N(C)O)(S(=O)(=O)N2CCN(c3ccc(CCC4CCCC4)cc3)CC2)CC1. The number of hydrogen-bond acceptors (Lipinski definition) is 7. The maximum absolute atomic E-state index is 13.9. The average Bonchev–Trinajstić information content (AvgIpc) is 3.44. The van der Waals surface area contributed by atoms with Crippen LogP contribution in [0.1, 0.15) is 50.5 Å². The van der Waals surface area contributed by atoms with Gasteiger partial charge in [0.2, 0.25) is 10.0 Å². The molecule has 1 aromatic rings.